The summed E-state index contributed by atoms with van der Waals surface area (Å²) in [6, 6.07) is 1.46. The molecule has 6 nitrogen and oxygen atoms in total. The lowest BCUT2D eigenvalue weighted by molar-refractivity contribution is -0.135. The minimum Gasteiger partial charge on any atom is -0.344 e. The van der Waals surface area contributed by atoms with Crippen molar-refractivity contribution in [3.63, 3.8) is 0 Å². The minimum absolute atomic E-state index is 0.00953. The van der Waals surface area contributed by atoms with Gasteiger partial charge in [-0.25, -0.2) is 0 Å². The third-order valence-electron chi connectivity index (χ3n) is 3.77. The summed E-state index contributed by atoms with van der Waals surface area (Å²) in [4.78, 5) is 26.1. The number of aromatic nitrogens is 2. The predicted octanol–water partition coefficient (Wildman–Crippen LogP) is 0.744. The normalized spacial score (nSPS) is 23.7. The minimum atomic E-state index is -0.415. The Hall–Kier alpha value is -1.85. The maximum absolute atomic E-state index is 12.5. The molecule has 1 fully saturated rings. The topological polar surface area (TPSA) is 67.2 Å². The summed E-state index contributed by atoms with van der Waals surface area (Å²) in [6.45, 7) is 6.24. The first-order valence-corrected chi connectivity index (χ1v) is 7.01. The first kappa shape index (κ1) is 14.6. The van der Waals surface area contributed by atoms with E-state index in [1.807, 2.05) is 33.9 Å². The van der Waals surface area contributed by atoms with Crippen LogP contribution in [0.25, 0.3) is 0 Å². The first-order valence-electron chi connectivity index (χ1n) is 7.01. The van der Waals surface area contributed by atoms with Gasteiger partial charge in [0, 0.05) is 19.5 Å². The van der Waals surface area contributed by atoms with Crippen LogP contribution in [-0.2, 0) is 23.2 Å². The van der Waals surface area contributed by atoms with E-state index in [9.17, 15) is 9.59 Å². The average Bonchev–Trinajstić information content (AvgIpc) is 2.65. The average molecular weight is 278 g/mol. The summed E-state index contributed by atoms with van der Waals surface area (Å²) in [7, 11) is 1.87. The van der Waals surface area contributed by atoms with E-state index in [0.29, 0.717) is 19.4 Å². The summed E-state index contributed by atoms with van der Waals surface area (Å²) < 4.78 is 1.79. The highest BCUT2D eigenvalue weighted by atomic mass is 16.2. The molecule has 0 spiro atoms. The van der Waals surface area contributed by atoms with Crippen LogP contribution in [0, 0.1) is 6.92 Å². The second-order valence-electron chi connectivity index (χ2n) is 5.45. The van der Waals surface area contributed by atoms with Gasteiger partial charge in [0.05, 0.1) is 17.9 Å². The van der Waals surface area contributed by atoms with Crippen molar-refractivity contribution in [2.45, 2.75) is 52.2 Å². The molecule has 0 aromatic carbocycles. The van der Waals surface area contributed by atoms with Crippen LogP contribution in [0.5, 0.6) is 0 Å². The van der Waals surface area contributed by atoms with Gasteiger partial charge >= 0.3 is 0 Å². The monoisotopic (exact) mass is 278 g/mol. The fourth-order valence-corrected chi connectivity index (χ4v) is 2.61. The van der Waals surface area contributed by atoms with Crippen molar-refractivity contribution < 1.29 is 9.59 Å². The van der Waals surface area contributed by atoms with Crippen LogP contribution in [0.4, 0.5) is 0 Å². The Morgan fingerprint density at radius 2 is 2.15 bits per heavy atom. The van der Waals surface area contributed by atoms with E-state index in [1.165, 1.54) is 0 Å². The SMILES string of the molecule is CCC1NC(=O)CC(C)N(Cc2cc(C)nn2C)C1=O. The molecule has 1 N–H and O–H groups in total. The molecule has 2 atom stereocenters. The fraction of sp³-hybridized carbons (Fsp3) is 0.643. The van der Waals surface area contributed by atoms with Gasteiger partial charge in [-0.05, 0) is 26.3 Å². The first-order chi connectivity index (χ1) is 9.42. The number of rotatable bonds is 3. The van der Waals surface area contributed by atoms with Crippen molar-refractivity contribution in [2.75, 3.05) is 0 Å². The van der Waals surface area contributed by atoms with E-state index in [1.54, 1.807) is 9.58 Å². The molecule has 0 saturated carbocycles. The third-order valence-corrected chi connectivity index (χ3v) is 3.77. The van der Waals surface area contributed by atoms with Crippen molar-refractivity contribution in [3.05, 3.63) is 17.5 Å². The summed E-state index contributed by atoms with van der Waals surface area (Å²) in [5.74, 6) is -0.0638. The van der Waals surface area contributed by atoms with E-state index >= 15 is 0 Å². The molecule has 2 amide bonds. The molecule has 0 aliphatic carbocycles. The van der Waals surface area contributed by atoms with E-state index < -0.39 is 6.04 Å². The molecule has 20 heavy (non-hydrogen) atoms. The predicted molar refractivity (Wildman–Crippen MR) is 74.8 cm³/mol. The second kappa shape index (κ2) is 5.64. The number of carbonyl (C=O) groups excluding carboxylic acids is 2. The van der Waals surface area contributed by atoms with Gasteiger partial charge in [-0.2, -0.15) is 5.10 Å². The molecule has 0 radical (unpaired) electrons. The number of amides is 2. The number of hydrogen-bond acceptors (Lipinski definition) is 3. The van der Waals surface area contributed by atoms with Gasteiger partial charge in [0.25, 0.3) is 0 Å². The van der Waals surface area contributed by atoms with Crippen LogP contribution in [0.3, 0.4) is 0 Å². The fourth-order valence-electron chi connectivity index (χ4n) is 2.61. The molecule has 1 saturated heterocycles. The molecule has 1 aliphatic rings. The summed E-state index contributed by atoms with van der Waals surface area (Å²) in [6.07, 6.45) is 0.956. The maximum Gasteiger partial charge on any atom is 0.245 e. The van der Waals surface area contributed by atoms with Gasteiger partial charge in [-0.15, -0.1) is 0 Å². The van der Waals surface area contributed by atoms with Crippen LogP contribution < -0.4 is 5.32 Å². The number of nitrogens with zero attached hydrogens (tertiary/aromatic N) is 3. The largest absolute Gasteiger partial charge is 0.344 e. The van der Waals surface area contributed by atoms with Crippen molar-refractivity contribution in [1.29, 1.82) is 0 Å². The number of nitrogens with one attached hydrogen (secondary N) is 1. The molecule has 2 rings (SSSR count). The van der Waals surface area contributed by atoms with E-state index in [0.717, 1.165) is 11.4 Å². The molecular formula is C14H22N4O2. The lowest BCUT2D eigenvalue weighted by atomic mass is 10.1. The van der Waals surface area contributed by atoms with Crippen LogP contribution in [-0.4, -0.2) is 38.6 Å². The Kier molecular flexibility index (Phi) is 4.11. The van der Waals surface area contributed by atoms with Gasteiger partial charge < -0.3 is 10.2 Å². The summed E-state index contributed by atoms with van der Waals surface area (Å²) >= 11 is 0. The van der Waals surface area contributed by atoms with Gasteiger partial charge in [-0.3, -0.25) is 14.3 Å². The standard InChI is InChI=1S/C14H22N4O2/c1-5-12-14(20)18(10(3)7-13(19)15-12)8-11-6-9(2)16-17(11)4/h6,10,12H,5,7-8H2,1-4H3,(H,15,19). The lowest BCUT2D eigenvalue weighted by Gasteiger charge is -2.28. The Balaban J connectivity index is 2.24. The van der Waals surface area contributed by atoms with Crippen LogP contribution in [0.2, 0.25) is 0 Å². The number of carbonyl (C=O) groups is 2. The molecule has 110 valence electrons. The van der Waals surface area contributed by atoms with Crippen molar-refractivity contribution in [3.8, 4) is 0 Å². The van der Waals surface area contributed by atoms with E-state index in [-0.39, 0.29) is 17.9 Å². The molecular weight excluding hydrogens is 256 g/mol. The van der Waals surface area contributed by atoms with Crippen molar-refractivity contribution >= 4 is 11.8 Å². The van der Waals surface area contributed by atoms with Crippen LogP contribution in [0.1, 0.15) is 38.1 Å². The summed E-state index contributed by atoms with van der Waals surface area (Å²) in [5, 5.41) is 7.09. The molecule has 2 unspecified atom stereocenters. The third kappa shape index (κ3) is 2.84. The van der Waals surface area contributed by atoms with Crippen LogP contribution >= 0.6 is 0 Å². The highest BCUT2D eigenvalue weighted by Crippen LogP contribution is 2.17. The highest BCUT2D eigenvalue weighted by Gasteiger charge is 2.33. The second-order valence-corrected chi connectivity index (χ2v) is 5.45. The zero-order valence-electron chi connectivity index (χ0n) is 12.5. The Morgan fingerprint density at radius 1 is 1.45 bits per heavy atom. The number of hydrogen-bond donors (Lipinski definition) is 1. The lowest BCUT2D eigenvalue weighted by Crippen LogP contribution is -2.45. The maximum atomic E-state index is 12.5. The zero-order valence-corrected chi connectivity index (χ0v) is 12.5. The molecule has 6 heteroatoms. The van der Waals surface area contributed by atoms with Gasteiger partial charge in [0.2, 0.25) is 11.8 Å². The molecule has 2 heterocycles. The number of aryl methyl sites for hydroxylation is 2. The Bertz CT molecular complexity index is 523. The van der Waals surface area contributed by atoms with Crippen LogP contribution in [0.15, 0.2) is 6.07 Å². The highest BCUT2D eigenvalue weighted by molar-refractivity contribution is 5.90. The van der Waals surface area contributed by atoms with Gasteiger partial charge in [0.15, 0.2) is 0 Å². The summed E-state index contributed by atoms with van der Waals surface area (Å²) in [5.41, 5.74) is 1.91. The molecule has 0 bridgehead atoms. The van der Waals surface area contributed by atoms with Gasteiger partial charge in [0.1, 0.15) is 6.04 Å². The Morgan fingerprint density at radius 3 is 2.70 bits per heavy atom. The molecule has 1 aromatic rings. The Labute approximate surface area is 119 Å². The van der Waals surface area contributed by atoms with E-state index in [2.05, 4.69) is 10.4 Å². The molecule has 1 aromatic heterocycles. The smallest absolute Gasteiger partial charge is 0.245 e. The molecule has 1 aliphatic heterocycles. The quantitative estimate of drug-likeness (QED) is 0.887. The van der Waals surface area contributed by atoms with Crippen molar-refractivity contribution in [2.24, 2.45) is 7.05 Å². The van der Waals surface area contributed by atoms with Crippen molar-refractivity contribution in [1.82, 2.24) is 20.0 Å². The van der Waals surface area contributed by atoms with Gasteiger partial charge in [-0.1, -0.05) is 6.92 Å². The zero-order chi connectivity index (χ0) is 14.9. The van der Waals surface area contributed by atoms with E-state index in [4.69, 9.17) is 0 Å².